The average Bonchev–Trinajstić information content (AvgIpc) is 3.04. The predicted molar refractivity (Wildman–Crippen MR) is 111 cm³/mol. The smallest absolute Gasteiger partial charge is 0.298 e. The molecule has 0 aliphatic rings. The van der Waals surface area contributed by atoms with E-state index in [9.17, 15) is 9.00 Å². The number of fused-ring (bicyclic) bond motifs is 1. The molecule has 8 heteroatoms. The van der Waals surface area contributed by atoms with Gasteiger partial charge in [-0.15, -0.1) is 0 Å². The van der Waals surface area contributed by atoms with Gasteiger partial charge in [0.2, 0.25) is 0 Å². The molecule has 142 valence electrons. The molecular weight excluding hydrogens is 407 g/mol. The molecule has 0 saturated carbocycles. The van der Waals surface area contributed by atoms with Crippen LogP contribution in [0.1, 0.15) is 28.3 Å². The van der Waals surface area contributed by atoms with Crippen LogP contribution < -0.4 is 9.62 Å². The number of halogens is 2. The third-order valence-electron chi connectivity index (χ3n) is 4.16. The summed E-state index contributed by atoms with van der Waals surface area (Å²) < 4.78 is 20.7. The molecule has 3 rings (SSSR count). The molecule has 2 aromatic carbocycles. The first-order chi connectivity index (χ1) is 12.8. The van der Waals surface area contributed by atoms with Crippen molar-refractivity contribution in [2.45, 2.75) is 12.2 Å². The number of nitrogens with one attached hydrogen (secondary N) is 1. The van der Waals surface area contributed by atoms with Gasteiger partial charge in [-0.2, -0.15) is 0 Å². The Hall–Kier alpha value is -2.02. The van der Waals surface area contributed by atoms with E-state index >= 15 is 0 Å². The van der Waals surface area contributed by atoms with Gasteiger partial charge in [0.15, 0.2) is 5.76 Å². The Balaban J connectivity index is 1.78. The van der Waals surface area contributed by atoms with Crippen molar-refractivity contribution in [3.05, 3.63) is 63.8 Å². The predicted octanol–water partition coefficient (Wildman–Crippen LogP) is 4.96. The van der Waals surface area contributed by atoms with Crippen molar-refractivity contribution in [3.63, 3.8) is 0 Å². The second kappa shape index (κ2) is 7.92. The molecule has 0 aliphatic carbocycles. The first-order valence-corrected chi connectivity index (χ1v) is 10.1. The van der Waals surface area contributed by atoms with Gasteiger partial charge in [-0.3, -0.25) is 9.52 Å². The lowest BCUT2D eigenvalue weighted by Crippen LogP contribution is -2.28. The van der Waals surface area contributed by atoms with Gasteiger partial charge in [-0.1, -0.05) is 29.3 Å². The first-order valence-electron chi connectivity index (χ1n) is 8.13. The van der Waals surface area contributed by atoms with Crippen LogP contribution in [-0.2, 0) is 11.0 Å². The monoisotopic (exact) mass is 424 g/mol. The Morgan fingerprint density at radius 3 is 2.56 bits per heavy atom. The molecule has 27 heavy (non-hydrogen) atoms. The Labute approximate surface area is 169 Å². The molecule has 3 aromatic rings. The van der Waals surface area contributed by atoms with E-state index in [0.717, 1.165) is 11.1 Å². The molecular formula is C19H18Cl2N2O3S. The Bertz CT molecular complexity index is 1030. The quantitative estimate of drug-likeness (QED) is 0.628. The molecule has 0 aliphatic heterocycles. The van der Waals surface area contributed by atoms with Crippen LogP contribution in [0.25, 0.3) is 11.0 Å². The lowest BCUT2D eigenvalue weighted by Gasteiger charge is -2.13. The minimum absolute atomic E-state index is 0.101. The molecule has 2 atom stereocenters. The maximum atomic E-state index is 12.6. The molecule has 1 amide bonds. The normalized spacial score (nSPS) is 13.4. The van der Waals surface area contributed by atoms with E-state index in [1.54, 1.807) is 31.2 Å². The number of benzene rings is 2. The van der Waals surface area contributed by atoms with E-state index in [1.165, 1.54) is 0 Å². The summed E-state index contributed by atoms with van der Waals surface area (Å²) in [5.41, 5.74) is 2.18. The van der Waals surface area contributed by atoms with Crippen molar-refractivity contribution < 1.29 is 13.4 Å². The molecule has 0 saturated heterocycles. The zero-order chi connectivity index (χ0) is 19.7. The van der Waals surface area contributed by atoms with Crippen LogP contribution in [0.3, 0.4) is 0 Å². The van der Waals surface area contributed by atoms with Crippen molar-refractivity contribution >= 4 is 56.8 Å². The summed E-state index contributed by atoms with van der Waals surface area (Å²) >= 11 is 12.1. The fourth-order valence-electron chi connectivity index (χ4n) is 2.59. The number of amides is 1. The van der Waals surface area contributed by atoms with Crippen LogP contribution in [0.15, 0.2) is 46.9 Å². The van der Waals surface area contributed by atoms with Crippen LogP contribution in [0.4, 0.5) is 5.69 Å². The molecule has 1 aromatic heterocycles. The van der Waals surface area contributed by atoms with Gasteiger partial charge < -0.3 is 9.32 Å². The fourth-order valence-corrected chi connectivity index (χ4v) is 4.12. The fraction of sp³-hybridized carbons (Fsp3) is 0.211. The first kappa shape index (κ1) is 19.7. The molecule has 1 N–H and O–H groups in total. The van der Waals surface area contributed by atoms with Crippen LogP contribution in [0.2, 0.25) is 10.0 Å². The lowest BCUT2D eigenvalue weighted by atomic mass is 10.2. The van der Waals surface area contributed by atoms with Crippen molar-refractivity contribution in [2.24, 2.45) is 0 Å². The molecule has 1 heterocycles. The Morgan fingerprint density at radius 2 is 1.89 bits per heavy atom. The number of hydrogen-bond donors (Lipinski definition) is 1. The van der Waals surface area contributed by atoms with Crippen molar-refractivity contribution in [2.75, 3.05) is 19.0 Å². The van der Waals surface area contributed by atoms with E-state index in [-0.39, 0.29) is 5.76 Å². The highest BCUT2D eigenvalue weighted by molar-refractivity contribution is 7.83. The van der Waals surface area contributed by atoms with Gasteiger partial charge in [0, 0.05) is 41.3 Å². The summed E-state index contributed by atoms with van der Waals surface area (Å²) in [6.07, 6.45) is 0. The maximum Gasteiger partial charge on any atom is 0.298 e. The summed E-state index contributed by atoms with van der Waals surface area (Å²) in [4.78, 5) is 14.4. The largest absolute Gasteiger partial charge is 0.451 e. The summed E-state index contributed by atoms with van der Waals surface area (Å²) in [5, 5.41) is 1.18. The zero-order valence-corrected chi connectivity index (χ0v) is 17.3. The molecule has 0 spiro atoms. The number of nitrogens with zero attached hydrogens (tertiary/aromatic N) is 1. The van der Waals surface area contributed by atoms with E-state index in [0.29, 0.717) is 21.2 Å². The van der Waals surface area contributed by atoms with E-state index in [4.69, 9.17) is 27.6 Å². The molecule has 2 unspecified atom stereocenters. The van der Waals surface area contributed by atoms with Gasteiger partial charge >= 0.3 is 0 Å². The van der Waals surface area contributed by atoms with Crippen molar-refractivity contribution in [1.82, 2.24) is 4.72 Å². The SMILES string of the molecule is CC(c1ccc(Cl)cc1Cl)S(=O)NC(=O)c1cc2ccc(N(C)C)cc2o1. The number of anilines is 1. The van der Waals surface area contributed by atoms with E-state index in [1.807, 2.05) is 37.2 Å². The average molecular weight is 425 g/mol. The molecule has 5 nitrogen and oxygen atoms in total. The van der Waals surface area contributed by atoms with Gasteiger partial charge in [0.25, 0.3) is 5.91 Å². The molecule has 0 fully saturated rings. The van der Waals surface area contributed by atoms with Crippen LogP contribution in [-0.4, -0.2) is 24.2 Å². The minimum atomic E-state index is -1.69. The van der Waals surface area contributed by atoms with Gasteiger partial charge in [0.05, 0.1) is 5.25 Å². The summed E-state index contributed by atoms with van der Waals surface area (Å²) in [6, 6.07) is 12.2. The van der Waals surface area contributed by atoms with Crippen LogP contribution in [0, 0.1) is 0 Å². The van der Waals surface area contributed by atoms with E-state index < -0.39 is 22.1 Å². The second-order valence-electron chi connectivity index (χ2n) is 6.26. The van der Waals surface area contributed by atoms with E-state index in [2.05, 4.69) is 4.72 Å². The third kappa shape index (κ3) is 4.29. The van der Waals surface area contributed by atoms with Gasteiger partial charge in [-0.05, 0) is 42.8 Å². The number of furan rings is 1. The van der Waals surface area contributed by atoms with Crippen LogP contribution in [0.5, 0.6) is 0 Å². The summed E-state index contributed by atoms with van der Waals surface area (Å²) in [7, 11) is 2.15. The number of hydrogen-bond acceptors (Lipinski definition) is 4. The van der Waals surface area contributed by atoms with Crippen LogP contribution >= 0.6 is 23.2 Å². The summed E-state index contributed by atoms with van der Waals surface area (Å²) in [6.45, 7) is 1.72. The van der Waals surface area contributed by atoms with Gasteiger partial charge in [-0.25, -0.2) is 4.21 Å². The molecule has 0 radical (unpaired) electrons. The minimum Gasteiger partial charge on any atom is -0.451 e. The van der Waals surface area contributed by atoms with Gasteiger partial charge in [0.1, 0.15) is 16.6 Å². The second-order valence-corrected chi connectivity index (χ2v) is 8.61. The third-order valence-corrected chi connectivity index (χ3v) is 6.00. The Morgan fingerprint density at radius 1 is 1.15 bits per heavy atom. The summed E-state index contributed by atoms with van der Waals surface area (Å²) in [5.74, 6) is -0.448. The van der Waals surface area contributed by atoms with Crippen molar-refractivity contribution in [3.8, 4) is 0 Å². The maximum absolute atomic E-state index is 12.6. The highest BCUT2D eigenvalue weighted by Gasteiger charge is 2.21. The highest BCUT2D eigenvalue weighted by atomic mass is 35.5. The lowest BCUT2D eigenvalue weighted by molar-refractivity contribution is 0.0958. The zero-order valence-electron chi connectivity index (χ0n) is 15.0. The number of carbonyl (C=O) groups is 1. The van der Waals surface area contributed by atoms with Crippen molar-refractivity contribution in [1.29, 1.82) is 0 Å². The topological polar surface area (TPSA) is 62.6 Å². The standard InChI is InChI=1S/C19H18Cl2N2O3S/c1-11(15-7-5-13(20)9-16(15)21)27(25)22-19(24)18-8-12-4-6-14(23(2)3)10-17(12)26-18/h4-11H,1-3H3,(H,22,24). The highest BCUT2D eigenvalue weighted by Crippen LogP contribution is 2.29. The number of rotatable bonds is 5. The Kier molecular flexibility index (Phi) is 5.79. The number of carbonyl (C=O) groups excluding carboxylic acids is 1. The molecule has 0 bridgehead atoms.